The Morgan fingerprint density at radius 2 is 1.64 bits per heavy atom. The summed E-state index contributed by atoms with van der Waals surface area (Å²) in [7, 11) is 0. The number of rotatable bonds is 3. The Hall–Kier alpha value is -1.69. The molecule has 6 heteroatoms. The fourth-order valence-corrected chi connectivity index (χ4v) is 11.1. The van der Waals surface area contributed by atoms with Crippen LogP contribution in [0.15, 0.2) is 11.6 Å². The minimum absolute atomic E-state index is 0.0249. The van der Waals surface area contributed by atoms with E-state index in [0.717, 1.165) is 51.4 Å². The van der Waals surface area contributed by atoms with Gasteiger partial charge in [0.25, 0.3) is 0 Å². The highest BCUT2D eigenvalue weighted by atomic mass is 16.5. The fraction of sp³-hybridized carbons (Fsp3) is 0.848. The topological polar surface area (TPSA) is 92.7 Å². The van der Waals surface area contributed by atoms with Gasteiger partial charge in [-0.2, -0.15) is 0 Å². The highest BCUT2D eigenvalue weighted by molar-refractivity contribution is 5.95. The standard InChI is InChI=1S/C33H51NO5/c1-20(35)39-19-21-9-11-31(6)25(28(21,2)3)10-12-33(8)26(31)24(36)17-22-23-18-30(5,27(37)34-38)14-13-29(23,4)15-16-32(22,33)7/h17,21,23,25-26,38H,9-16,18-19H2,1-8H3,(H,34,37)/t21-,23+,25?,26-,29-,30+,31+,32-,33-/m1/s1. The third-order valence-corrected chi connectivity index (χ3v) is 14.0. The largest absolute Gasteiger partial charge is 0.466 e. The van der Waals surface area contributed by atoms with Gasteiger partial charge in [-0.05, 0) is 109 Å². The molecule has 2 N–H and O–H groups in total. The molecule has 5 rings (SSSR count). The number of allylic oxidation sites excluding steroid dienone is 2. The van der Waals surface area contributed by atoms with Crippen LogP contribution >= 0.6 is 0 Å². The third-order valence-electron chi connectivity index (χ3n) is 14.0. The predicted octanol–water partition coefficient (Wildman–Crippen LogP) is 6.65. The number of hydrogen-bond donors (Lipinski definition) is 2. The highest BCUT2D eigenvalue weighted by Crippen LogP contribution is 2.75. The van der Waals surface area contributed by atoms with Crippen LogP contribution < -0.4 is 5.48 Å². The average molecular weight is 542 g/mol. The molecular formula is C33H51NO5. The van der Waals surface area contributed by atoms with Crippen LogP contribution in [0.3, 0.4) is 0 Å². The van der Waals surface area contributed by atoms with E-state index >= 15 is 0 Å². The van der Waals surface area contributed by atoms with Gasteiger partial charge in [-0.25, -0.2) is 5.48 Å². The molecule has 9 atom stereocenters. The number of fused-ring (bicyclic) bond motifs is 7. The maximum Gasteiger partial charge on any atom is 0.302 e. The van der Waals surface area contributed by atoms with Crippen molar-refractivity contribution in [2.75, 3.05) is 6.61 Å². The summed E-state index contributed by atoms with van der Waals surface area (Å²) in [6.07, 6.45) is 10.6. The van der Waals surface area contributed by atoms with E-state index in [1.54, 1.807) is 0 Å². The lowest BCUT2D eigenvalue weighted by molar-refractivity contribution is -0.197. The van der Waals surface area contributed by atoms with Crippen LogP contribution in [0.5, 0.6) is 0 Å². The number of nitrogens with one attached hydrogen (secondary N) is 1. The van der Waals surface area contributed by atoms with Crippen molar-refractivity contribution in [3.05, 3.63) is 11.6 Å². The van der Waals surface area contributed by atoms with Crippen molar-refractivity contribution in [2.24, 2.45) is 56.2 Å². The van der Waals surface area contributed by atoms with Crippen LogP contribution in [-0.4, -0.2) is 29.5 Å². The molecule has 4 fully saturated rings. The summed E-state index contributed by atoms with van der Waals surface area (Å²) in [5.74, 6) is 0.584. The lowest BCUT2D eigenvalue weighted by Crippen LogP contribution is -2.66. The minimum Gasteiger partial charge on any atom is -0.466 e. The smallest absolute Gasteiger partial charge is 0.302 e. The Morgan fingerprint density at radius 1 is 0.974 bits per heavy atom. The van der Waals surface area contributed by atoms with E-state index in [9.17, 15) is 19.6 Å². The quantitative estimate of drug-likeness (QED) is 0.237. The van der Waals surface area contributed by atoms with Gasteiger partial charge < -0.3 is 4.74 Å². The zero-order valence-electron chi connectivity index (χ0n) is 25.5. The molecule has 0 aromatic heterocycles. The van der Waals surface area contributed by atoms with Gasteiger partial charge in [0, 0.05) is 18.3 Å². The Balaban J connectivity index is 1.54. The van der Waals surface area contributed by atoms with Gasteiger partial charge in [0.1, 0.15) is 0 Å². The van der Waals surface area contributed by atoms with Gasteiger partial charge in [0.05, 0.1) is 6.61 Å². The van der Waals surface area contributed by atoms with Crippen LogP contribution in [0.1, 0.15) is 113 Å². The zero-order valence-corrected chi connectivity index (χ0v) is 25.5. The predicted molar refractivity (Wildman–Crippen MR) is 149 cm³/mol. The summed E-state index contributed by atoms with van der Waals surface area (Å²) in [6, 6.07) is 0. The minimum atomic E-state index is -0.632. The van der Waals surface area contributed by atoms with Crippen LogP contribution in [0, 0.1) is 56.2 Å². The molecule has 0 aliphatic heterocycles. The normalized spacial score (nSPS) is 48.4. The van der Waals surface area contributed by atoms with Crippen molar-refractivity contribution in [3.63, 3.8) is 0 Å². The first-order valence-electron chi connectivity index (χ1n) is 15.3. The summed E-state index contributed by atoms with van der Waals surface area (Å²) in [4.78, 5) is 38.8. The van der Waals surface area contributed by atoms with Gasteiger partial charge in [-0.1, -0.05) is 54.0 Å². The summed E-state index contributed by atoms with van der Waals surface area (Å²) in [5.41, 5.74) is 2.28. The third kappa shape index (κ3) is 3.85. The lowest BCUT2D eigenvalue weighted by Gasteiger charge is -2.70. The molecule has 5 aliphatic rings. The second-order valence-corrected chi connectivity index (χ2v) is 16.1. The van der Waals surface area contributed by atoms with Gasteiger partial charge in [-0.15, -0.1) is 0 Å². The summed E-state index contributed by atoms with van der Waals surface area (Å²) in [6.45, 7) is 18.2. The molecule has 0 aromatic carbocycles. The molecule has 6 nitrogen and oxygen atoms in total. The first-order chi connectivity index (χ1) is 18.0. The van der Waals surface area contributed by atoms with Crippen LogP contribution in [0.4, 0.5) is 0 Å². The molecule has 4 saturated carbocycles. The number of carbonyl (C=O) groups is 3. The number of amides is 1. The number of ether oxygens (including phenoxy) is 1. The highest BCUT2D eigenvalue weighted by Gasteiger charge is 2.70. The molecule has 1 amide bonds. The van der Waals surface area contributed by atoms with Crippen molar-refractivity contribution >= 4 is 17.7 Å². The molecule has 0 bridgehead atoms. The Labute approximate surface area is 235 Å². The van der Waals surface area contributed by atoms with Gasteiger partial charge >= 0.3 is 5.97 Å². The Bertz CT molecular complexity index is 1110. The molecule has 0 spiro atoms. The number of hydrogen-bond acceptors (Lipinski definition) is 5. The van der Waals surface area contributed by atoms with E-state index in [4.69, 9.17) is 4.74 Å². The summed E-state index contributed by atoms with van der Waals surface area (Å²) >= 11 is 0. The van der Waals surface area contributed by atoms with E-state index < -0.39 is 5.41 Å². The summed E-state index contributed by atoms with van der Waals surface area (Å²) < 4.78 is 5.51. The van der Waals surface area contributed by atoms with Crippen molar-refractivity contribution < 1.29 is 24.3 Å². The van der Waals surface area contributed by atoms with Gasteiger partial charge in [0.2, 0.25) is 5.91 Å². The molecule has 0 saturated heterocycles. The number of hydroxylamine groups is 1. The molecule has 0 radical (unpaired) electrons. The molecule has 218 valence electrons. The Morgan fingerprint density at radius 3 is 2.28 bits per heavy atom. The second-order valence-electron chi connectivity index (χ2n) is 16.1. The van der Waals surface area contributed by atoms with E-state index in [1.807, 2.05) is 18.5 Å². The fourth-order valence-electron chi connectivity index (χ4n) is 11.1. The average Bonchev–Trinajstić information content (AvgIpc) is 2.84. The van der Waals surface area contributed by atoms with Crippen molar-refractivity contribution in [2.45, 2.75) is 113 Å². The van der Waals surface area contributed by atoms with E-state index in [-0.39, 0.29) is 56.6 Å². The van der Waals surface area contributed by atoms with Crippen LogP contribution in [0.25, 0.3) is 0 Å². The van der Waals surface area contributed by atoms with E-state index in [2.05, 4.69) is 41.5 Å². The van der Waals surface area contributed by atoms with E-state index in [1.165, 1.54) is 12.5 Å². The van der Waals surface area contributed by atoms with Crippen LogP contribution in [-0.2, 0) is 19.1 Å². The monoisotopic (exact) mass is 541 g/mol. The van der Waals surface area contributed by atoms with Gasteiger partial charge in [0.15, 0.2) is 5.78 Å². The molecule has 1 unspecified atom stereocenters. The molecular weight excluding hydrogens is 490 g/mol. The lowest BCUT2D eigenvalue weighted by atomic mass is 9.33. The molecule has 0 heterocycles. The summed E-state index contributed by atoms with van der Waals surface area (Å²) in [5, 5.41) is 9.50. The maximum absolute atomic E-state index is 14.5. The number of ketones is 1. The first-order valence-corrected chi connectivity index (χ1v) is 15.3. The molecule has 39 heavy (non-hydrogen) atoms. The van der Waals surface area contributed by atoms with Crippen molar-refractivity contribution in [1.82, 2.24) is 5.48 Å². The van der Waals surface area contributed by atoms with Crippen molar-refractivity contribution in [1.29, 1.82) is 0 Å². The van der Waals surface area contributed by atoms with Crippen molar-refractivity contribution in [3.8, 4) is 0 Å². The molecule has 0 aromatic rings. The van der Waals surface area contributed by atoms with Gasteiger partial charge in [-0.3, -0.25) is 19.6 Å². The second kappa shape index (κ2) is 8.90. The zero-order chi connectivity index (χ0) is 28.8. The maximum atomic E-state index is 14.5. The number of carbonyl (C=O) groups excluding carboxylic acids is 3. The number of esters is 1. The van der Waals surface area contributed by atoms with Crippen LogP contribution in [0.2, 0.25) is 0 Å². The SMILES string of the molecule is CC(=O)OC[C@H]1CC[C@@]2(C)C(CC[C@]3(C)[C@@H]2C(=O)C=C2[C@@H]4C[C@@](C)(C(=O)NO)CC[C@]4(C)CC[C@]23C)C1(C)C. The molecule has 5 aliphatic carbocycles. The Kier molecular flexibility index (Phi) is 6.58. The first kappa shape index (κ1) is 28.8. The van der Waals surface area contributed by atoms with E-state index in [0.29, 0.717) is 24.9 Å².